The second-order valence-corrected chi connectivity index (χ2v) is 15.4. The fraction of sp³-hybridized carbons (Fsp3) is 0.806. The van der Waals surface area contributed by atoms with Gasteiger partial charge in [0.1, 0.15) is 67.1 Å². The highest BCUT2D eigenvalue weighted by Gasteiger charge is 2.55. The molecular formula is C31H48Br2N2O16. The first-order chi connectivity index (χ1) is 24.1. The van der Waals surface area contributed by atoms with Crippen LogP contribution in [0.15, 0.2) is 21.1 Å². The molecule has 3 heterocycles. The lowest BCUT2D eigenvalue weighted by atomic mass is 9.89. The number of rotatable bonds is 11. The molecule has 4 fully saturated rings. The van der Waals surface area contributed by atoms with Crippen molar-refractivity contribution < 1.29 is 79.9 Å². The second kappa shape index (κ2) is 17.4. The van der Waals surface area contributed by atoms with Gasteiger partial charge in [-0.1, -0.05) is 15.9 Å². The first-order valence-corrected chi connectivity index (χ1v) is 18.3. The van der Waals surface area contributed by atoms with Crippen LogP contribution in [-0.2, 0) is 30.2 Å². The van der Waals surface area contributed by atoms with E-state index >= 15 is 0 Å². The summed E-state index contributed by atoms with van der Waals surface area (Å²) >= 11 is 6.91. The summed E-state index contributed by atoms with van der Waals surface area (Å²) in [6.45, 7) is -2.19. The van der Waals surface area contributed by atoms with Crippen molar-refractivity contribution in [3.05, 3.63) is 26.6 Å². The van der Waals surface area contributed by atoms with Crippen LogP contribution in [0.3, 0.4) is 0 Å². The summed E-state index contributed by atoms with van der Waals surface area (Å²) in [6, 6.07) is 3.44. The number of ether oxygens (including phenoxy) is 5. The SMILES string of the molecule is Nc1c(Br)cc(Br)cc1CN(CC1(O)OCC(O)C(OC2OC(CO)C(OC3OC(CO)C(O)C(O)C3O)C(O)C2O)C1O)C1CCC(O)CC1. The van der Waals surface area contributed by atoms with E-state index in [-0.39, 0.29) is 19.1 Å². The number of hydrogen-bond acceptors (Lipinski definition) is 18. The van der Waals surface area contributed by atoms with Crippen molar-refractivity contribution in [3.8, 4) is 0 Å². The summed E-state index contributed by atoms with van der Waals surface area (Å²) in [4.78, 5) is 1.87. The Labute approximate surface area is 310 Å². The second-order valence-electron chi connectivity index (χ2n) is 13.6. The quantitative estimate of drug-likeness (QED) is 0.0955. The number of hydrogen-bond donors (Lipinski definition) is 12. The molecule has 1 saturated carbocycles. The molecule has 3 saturated heterocycles. The third kappa shape index (κ3) is 9.07. The van der Waals surface area contributed by atoms with Crippen molar-refractivity contribution in [1.29, 1.82) is 0 Å². The van der Waals surface area contributed by atoms with E-state index in [1.807, 2.05) is 11.0 Å². The van der Waals surface area contributed by atoms with Crippen molar-refractivity contribution in [1.82, 2.24) is 4.90 Å². The Balaban J connectivity index is 1.31. The van der Waals surface area contributed by atoms with Gasteiger partial charge in [0, 0.05) is 21.5 Å². The normalized spacial score (nSPS) is 43.8. The molecule has 292 valence electrons. The maximum atomic E-state index is 11.8. The minimum atomic E-state index is -2.35. The van der Waals surface area contributed by atoms with Gasteiger partial charge in [0.25, 0.3) is 0 Å². The van der Waals surface area contributed by atoms with E-state index in [4.69, 9.17) is 29.4 Å². The summed E-state index contributed by atoms with van der Waals surface area (Å²) in [5, 5.41) is 116. The summed E-state index contributed by atoms with van der Waals surface area (Å²) in [7, 11) is 0. The Morgan fingerprint density at radius 1 is 0.784 bits per heavy atom. The number of nitrogens with zero attached hydrogens (tertiary/aromatic N) is 1. The van der Waals surface area contributed by atoms with E-state index in [9.17, 15) is 56.2 Å². The van der Waals surface area contributed by atoms with Crippen LogP contribution in [0.4, 0.5) is 5.69 Å². The van der Waals surface area contributed by atoms with Gasteiger partial charge >= 0.3 is 0 Å². The zero-order valence-electron chi connectivity index (χ0n) is 27.4. The highest BCUT2D eigenvalue weighted by Crippen LogP contribution is 2.36. The highest BCUT2D eigenvalue weighted by molar-refractivity contribution is 9.11. The Hall–Kier alpha value is -0.700. The molecule has 0 bridgehead atoms. The Kier molecular flexibility index (Phi) is 14.1. The monoisotopic (exact) mass is 862 g/mol. The number of aliphatic hydroxyl groups is 11. The lowest BCUT2D eigenvalue weighted by Crippen LogP contribution is -2.68. The Morgan fingerprint density at radius 3 is 2.00 bits per heavy atom. The van der Waals surface area contributed by atoms with Gasteiger partial charge in [-0.15, -0.1) is 0 Å². The average Bonchev–Trinajstić information content (AvgIpc) is 3.10. The predicted molar refractivity (Wildman–Crippen MR) is 179 cm³/mol. The van der Waals surface area contributed by atoms with Gasteiger partial charge in [-0.05, 0) is 59.3 Å². The van der Waals surface area contributed by atoms with E-state index in [2.05, 4.69) is 31.9 Å². The third-order valence-corrected chi connectivity index (χ3v) is 11.2. The van der Waals surface area contributed by atoms with Crippen molar-refractivity contribution in [2.24, 2.45) is 0 Å². The summed E-state index contributed by atoms with van der Waals surface area (Å²) in [5.74, 6) is -2.35. The number of anilines is 1. The molecule has 20 heteroatoms. The van der Waals surface area contributed by atoms with Crippen LogP contribution in [0, 0.1) is 0 Å². The lowest BCUT2D eigenvalue weighted by Gasteiger charge is -2.49. The van der Waals surface area contributed by atoms with Gasteiger partial charge < -0.3 is 85.6 Å². The first kappa shape index (κ1) is 41.5. The molecular weight excluding hydrogens is 816 g/mol. The van der Waals surface area contributed by atoms with Gasteiger partial charge in [-0.2, -0.15) is 0 Å². The van der Waals surface area contributed by atoms with Crippen molar-refractivity contribution in [2.45, 2.75) is 130 Å². The van der Waals surface area contributed by atoms with Crippen molar-refractivity contribution >= 4 is 37.5 Å². The van der Waals surface area contributed by atoms with E-state index in [0.29, 0.717) is 41.4 Å². The predicted octanol–water partition coefficient (Wildman–Crippen LogP) is -3.65. The van der Waals surface area contributed by atoms with Gasteiger partial charge in [0.15, 0.2) is 12.6 Å². The maximum absolute atomic E-state index is 11.8. The van der Waals surface area contributed by atoms with Crippen LogP contribution < -0.4 is 5.73 Å². The van der Waals surface area contributed by atoms with Crippen molar-refractivity contribution in [3.63, 3.8) is 0 Å². The van der Waals surface area contributed by atoms with Crippen LogP contribution in [0.1, 0.15) is 31.2 Å². The van der Waals surface area contributed by atoms with E-state index in [1.165, 1.54) is 0 Å². The van der Waals surface area contributed by atoms with Gasteiger partial charge in [-0.25, -0.2) is 0 Å². The van der Waals surface area contributed by atoms with E-state index in [1.54, 1.807) is 6.07 Å². The Morgan fingerprint density at radius 2 is 1.37 bits per heavy atom. The largest absolute Gasteiger partial charge is 0.398 e. The van der Waals surface area contributed by atoms with Crippen LogP contribution in [0.2, 0.25) is 0 Å². The molecule has 4 aliphatic rings. The fourth-order valence-electron chi connectivity index (χ4n) is 7.02. The topological polar surface area (TPSA) is 298 Å². The number of nitrogens with two attached hydrogens (primary N) is 1. The first-order valence-electron chi connectivity index (χ1n) is 16.7. The molecule has 13 N–H and O–H groups in total. The molecule has 51 heavy (non-hydrogen) atoms. The molecule has 5 rings (SSSR count). The molecule has 0 amide bonds. The van der Waals surface area contributed by atoms with E-state index in [0.717, 1.165) is 4.47 Å². The van der Waals surface area contributed by atoms with Crippen LogP contribution in [0.5, 0.6) is 0 Å². The number of halogens is 2. The summed E-state index contributed by atoms with van der Waals surface area (Å²) in [6.07, 6.45) is -20.6. The zero-order chi connectivity index (χ0) is 37.4. The molecule has 1 aromatic carbocycles. The number of nitrogen functional groups attached to an aromatic ring is 1. The molecule has 14 atom stereocenters. The molecule has 1 aliphatic carbocycles. The molecule has 0 radical (unpaired) electrons. The minimum Gasteiger partial charge on any atom is -0.398 e. The van der Waals surface area contributed by atoms with Crippen LogP contribution in [0.25, 0.3) is 0 Å². The molecule has 0 spiro atoms. The zero-order valence-corrected chi connectivity index (χ0v) is 30.6. The highest BCUT2D eigenvalue weighted by atomic mass is 79.9. The lowest BCUT2D eigenvalue weighted by molar-refractivity contribution is -0.385. The van der Waals surface area contributed by atoms with Gasteiger partial charge in [0.05, 0.1) is 38.2 Å². The van der Waals surface area contributed by atoms with Gasteiger partial charge in [-0.3, -0.25) is 4.90 Å². The average molecular weight is 865 g/mol. The number of aliphatic hydroxyl groups excluding tert-OH is 10. The smallest absolute Gasteiger partial charge is 0.207 e. The molecule has 3 aliphatic heterocycles. The molecule has 14 unspecified atom stereocenters. The van der Waals surface area contributed by atoms with Crippen LogP contribution in [-0.4, -0.2) is 185 Å². The maximum Gasteiger partial charge on any atom is 0.207 e. The fourth-order valence-corrected chi connectivity index (χ4v) is 8.33. The summed E-state index contributed by atoms with van der Waals surface area (Å²) < 4.78 is 29.4. The molecule has 1 aromatic rings. The van der Waals surface area contributed by atoms with Crippen LogP contribution >= 0.6 is 31.9 Å². The van der Waals surface area contributed by atoms with Gasteiger partial charge in [0.2, 0.25) is 5.79 Å². The Bertz CT molecular complexity index is 1300. The minimum absolute atomic E-state index is 0.166. The van der Waals surface area contributed by atoms with E-state index < -0.39 is 111 Å². The summed E-state index contributed by atoms with van der Waals surface area (Å²) in [5.41, 5.74) is 7.52. The van der Waals surface area contributed by atoms with Crippen molar-refractivity contribution in [2.75, 3.05) is 32.1 Å². The molecule has 18 nitrogen and oxygen atoms in total. The number of benzene rings is 1. The standard InChI is InChI=1S/C31H48Br2N2O16/c32-13-5-12(20(34)16(33)6-13)7-35(14-1-3-15(38)4-2-14)11-31(46)28(45)26(17(39)10-47-31)50-30-25(44)23(42)27(19(9-37)49-30)51-29-24(43)22(41)21(40)18(8-36)48-29/h5-6,14-15,17-19,21-30,36-46H,1-4,7-11,34H2. The molecule has 0 aromatic heterocycles. The third-order valence-electron chi connectivity index (χ3n) is 10.1.